The van der Waals surface area contributed by atoms with E-state index in [0.717, 1.165) is 48.3 Å². The van der Waals surface area contributed by atoms with Gasteiger partial charge in [-0.05, 0) is 26.5 Å². The van der Waals surface area contributed by atoms with Gasteiger partial charge in [-0.25, -0.2) is 15.0 Å². The molecule has 0 atom stereocenters. The molecule has 118 valence electrons. The molecule has 0 aliphatic carbocycles. The van der Waals surface area contributed by atoms with Crippen LogP contribution in [-0.2, 0) is 6.54 Å². The van der Waals surface area contributed by atoms with Gasteiger partial charge in [-0.1, -0.05) is 17.4 Å². The second kappa shape index (κ2) is 5.82. The quantitative estimate of drug-likeness (QED) is 0.919. The predicted molar refractivity (Wildman–Crippen MR) is 93.4 cm³/mol. The minimum atomic E-state index is 0.591. The Morgan fingerprint density at radius 3 is 3.04 bits per heavy atom. The molecule has 0 amide bonds. The first-order chi connectivity index (χ1) is 11.2. The first kappa shape index (κ1) is 14.5. The predicted octanol–water partition coefficient (Wildman–Crippen LogP) is 2.66. The van der Waals surface area contributed by atoms with Crippen LogP contribution in [0.2, 0.25) is 0 Å². The molecular weight excluding hydrogens is 308 g/mol. The molecule has 4 rings (SSSR count). The van der Waals surface area contributed by atoms with E-state index in [2.05, 4.69) is 33.3 Å². The second-order valence-electron chi connectivity index (χ2n) is 5.84. The van der Waals surface area contributed by atoms with Gasteiger partial charge in [0.15, 0.2) is 5.13 Å². The van der Waals surface area contributed by atoms with E-state index in [1.807, 2.05) is 13.0 Å². The van der Waals surface area contributed by atoms with Crippen molar-refractivity contribution in [2.45, 2.75) is 19.9 Å². The number of fused-ring (bicyclic) bond motifs is 3. The van der Waals surface area contributed by atoms with Gasteiger partial charge in [-0.3, -0.25) is 9.89 Å². The molecule has 0 saturated heterocycles. The molecule has 6 nitrogen and oxygen atoms in total. The first-order valence-corrected chi connectivity index (χ1v) is 8.50. The summed E-state index contributed by atoms with van der Waals surface area (Å²) in [6.45, 7) is 4.61. The number of hydrogen-bond acceptors (Lipinski definition) is 7. The lowest BCUT2D eigenvalue weighted by atomic mass is 10.0. The van der Waals surface area contributed by atoms with Crippen molar-refractivity contribution in [1.82, 2.24) is 19.9 Å². The van der Waals surface area contributed by atoms with Gasteiger partial charge in [0.25, 0.3) is 0 Å². The van der Waals surface area contributed by atoms with E-state index in [1.54, 1.807) is 17.5 Å². The van der Waals surface area contributed by atoms with Gasteiger partial charge in [0.05, 0.1) is 11.4 Å². The molecule has 0 fully saturated rings. The van der Waals surface area contributed by atoms with E-state index >= 15 is 0 Å². The van der Waals surface area contributed by atoms with Gasteiger partial charge in [-0.15, -0.1) is 0 Å². The van der Waals surface area contributed by atoms with Gasteiger partial charge in [-0.2, -0.15) is 0 Å². The Morgan fingerprint density at radius 2 is 2.17 bits per heavy atom. The standard InChI is InChI=1S/C16H18N6S/c1-10-5-7-18-15(19-10)21-16-20-14-11-4-3-6-17-12(11)8-22(2)9-13(14)23-16/h4-5,7H,3,6,8-9H2,1-2H3,(H,18,19,20,21). The summed E-state index contributed by atoms with van der Waals surface area (Å²) in [5.41, 5.74) is 4.35. The van der Waals surface area contributed by atoms with E-state index in [9.17, 15) is 0 Å². The minimum Gasteiger partial charge on any atom is -0.300 e. The van der Waals surface area contributed by atoms with Crippen LogP contribution in [0.25, 0.3) is 5.57 Å². The van der Waals surface area contributed by atoms with Crippen molar-refractivity contribution in [1.29, 1.82) is 0 Å². The highest BCUT2D eigenvalue weighted by atomic mass is 32.1. The van der Waals surface area contributed by atoms with Crippen LogP contribution in [0.4, 0.5) is 11.1 Å². The molecule has 2 aliphatic heterocycles. The lowest BCUT2D eigenvalue weighted by molar-refractivity contribution is 0.380. The summed E-state index contributed by atoms with van der Waals surface area (Å²) in [6.07, 6.45) is 5.02. The van der Waals surface area contributed by atoms with Crippen molar-refractivity contribution in [3.63, 3.8) is 0 Å². The molecule has 2 aromatic rings. The largest absolute Gasteiger partial charge is 0.300 e. The molecule has 2 aromatic heterocycles. The monoisotopic (exact) mass is 326 g/mol. The molecule has 4 heterocycles. The Bertz CT molecular complexity index is 807. The van der Waals surface area contributed by atoms with Crippen LogP contribution in [0.15, 0.2) is 23.3 Å². The van der Waals surface area contributed by atoms with Crippen molar-refractivity contribution in [2.24, 2.45) is 4.99 Å². The Hall–Kier alpha value is -2.12. The van der Waals surface area contributed by atoms with Gasteiger partial charge < -0.3 is 5.32 Å². The average Bonchev–Trinajstić information content (AvgIpc) is 2.84. The number of rotatable bonds is 2. The highest BCUT2D eigenvalue weighted by molar-refractivity contribution is 7.15. The third-order valence-corrected chi connectivity index (χ3v) is 4.85. The van der Waals surface area contributed by atoms with E-state index in [-0.39, 0.29) is 0 Å². The third kappa shape index (κ3) is 2.89. The minimum absolute atomic E-state index is 0.591. The average molecular weight is 326 g/mol. The topological polar surface area (TPSA) is 66.3 Å². The molecule has 0 radical (unpaired) electrons. The summed E-state index contributed by atoms with van der Waals surface area (Å²) in [7, 11) is 2.13. The van der Waals surface area contributed by atoms with E-state index in [1.165, 1.54) is 10.5 Å². The van der Waals surface area contributed by atoms with Crippen molar-refractivity contribution >= 4 is 33.7 Å². The van der Waals surface area contributed by atoms with Crippen LogP contribution in [0, 0.1) is 6.92 Å². The number of aromatic nitrogens is 3. The maximum absolute atomic E-state index is 4.81. The molecule has 0 saturated carbocycles. The fraction of sp³-hybridized carbons (Fsp3) is 0.375. The Labute approximate surface area is 139 Å². The third-order valence-electron chi connectivity index (χ3n) is 3.89. The molecule has 23 heavy (non-hydrogen) atoms. The Morgan fingerprint density at radius 1 is 1.26 bits per heavy atom. The highest BCUT2D eigenvalue weighted by Gasteiger charge is 2.26. The maximum Gasteiger partial charge on any atom is 0.229 e. The maximum atomic E-state index is 4.81. The Balaban J connectivity index is 1.70. The number of anilines is 2. The van der Waals surface area contributed by atoms with Gasteiger partial charge >= 0.3 is 0 Å². The van der Waals surface area contributed by atoms with Gasteiger partial charge in [0.2, 0.25) is 5.95 Å². The molecule has 0 bridgehead atoms. The van der Waals surface area contributed by atoms with E-state index < -0.39 is 0 Å². The lowest BCUT2D eigenvalue weighted by Gasteiger charge is -2.16. The summed E-state index contributed by atoms with van der Waals surface area (Å²) in [5, 5.41) is 4.07. The Kier molecular flexibility index (Phi) is 3.66. The smallest absolute Gasteiger partial charge is 0.229 e. The van der Waals surface area contributed by atoms with Crippen LogP contribution in [0.3, 0.4) is 0 Å². The summed E-state index contributed by atoms with van der Waals surface area (Å²) in [4.78, 5) is 21.7. The number of nitrogens with one attached hydrogen (secondary N) is 1. The zero-order chi connectivity index (χ0) is 15.8. The van der Waals surface area contributed by atoms with Crippen molar-refractivity contribution in [2.75, 3.05) is 25.5 Å². The van der Waals surface area contributed by atoms with Gasteiger partial charge in [0.1, 0.15) is 0 Å². The fourth-order valence-corrected chi connectivity index (χ4v) is 3.91. The molecule has 0 aromatic carbocycles. The molecule has 2 aliphatic rings. The van der Waals surface area contributed by atoms with Crippen LogP contribution >= 0.6 is 11.3 Å². The summed E-state index contributed by atoms with van der Waals surface area (Å²) in [6, 6.07) is 1.88. The normalized spacial score (nSPS) is 17.7. The van der Waals surface area contributed by atoms with Crippen LogP contribution in [0.1, 0.15) is 22.7 Å². The fourth-order valence-electron chi connectivity index (χ4n) is 2.86. The summed E-state index contributed by atoms with van der Waals surface area (Å²) in [5.74, 6) is 0.591. The van der Waals surface area contributed by atoms with E-state index in [4.69, 9.17) is 9.98 Å². The zero-order valence-electron chi connectivity index (χ0n) is 13.2. The van der Waals surface area contributed by atoms with Crippen molar-refractivity contribution in [3.8, 4) is 0 Å². The number of aryl methyl sites for hydroxylation is 1. The zero-order valence-corrected chi connectivity index (χ0v) is 14.0. The number of nitrogens with zero attached hydrogens (tertiary/aromatic N) is 5. The number of thiazole rings is 1. The highest BCUT2D eigenvalue weighted by Crippen LogP contribution is 2.34. The van der Waals surface area contributed by atoms with Crippen LogP contribution in [-0.4, -0.2) is 45.7 Å². The molecule has 0 unspecified atom stereocenters. The number of dihydropyridines is 1. The van der Waals surface area contributed by atoms with Gasteiger partial charge in [0, 0.05) is 42.0 Å². The molecule has 0 spiro atoms. The number of aliphatic imine (C=N–C) groups is 1. The van der Waals surface area contributed by atoms with E-state index in [0.29, 0.717) is 5.95 Å². The SMILES string of the molecule is Cc1ccnc(Nc2nc3c(s2)CN(C)CC2=NCCC=C23)n1. The lowest BCUT2D eigenvalue weighted by Crippen LogP contribution is -2.24. The summed E-state index contributed by atoms with van der Waals surface area (Å²) >= 11 is 1.67. The van der Waals surface area contributed by atoms with Crippen LogP contribution < -0.4 is 5.32 Å². The van der Waals surface area contributed by atoms with Crippen molar-refractivity contribution in [3.05, 3.63) is 34.6 Å². The summed E-state index contributed by atoms with van der Waals surface area (Å²) < 4.78 is 0. The second-order valence-corrected chi connectivity index (χ2v) is 6.93. The molecule has 7 heteroatoms. The first-order valence-electron chi connectivity index (χ1n) is 7.68. The van der Waals surface area contributed by atoms with Crippen molar-refractivity contribution < 1.29 is 0 Å². The van der Waals surface area contributed by atoms with Crippen LogP contribution in [0.5, 0.6) is 0 Å². The number of hydrogen-bond donors (Lipinski definition) is 1. The molecule has 1 N–H and O–H groups in total. The molecular formula is C16H18N6S.